The van der Waals surface area contributed by atoms with E-state index in [1.165, 1.54) is 11.3 Å². The Hall–Kier alpha value is -1.98. The average molecular weight is 318 g/mol. The molecule has 1 atom stereocenters. The Kier molecular flexibility index (Phi) is 3.09. The molecule has 2 aromatic heterocycles. The summed E-state index contributed by atoms with van der Waals surface area (Å²) < 4.78 is 6.76. The Morgan fingerprint density at radius 2 is 2.24 bits per heavy atom. The summed E-state index contributed by atoms with van der Waals surface area (Å²) in [6.07, 6.45) is 1.69. The van der Waals surface area contributed by atoms with Crippen LogP contribution < -0.4 is 10.1 Å². The minimum Gasteiger partial charge on any atom is -0.478 e. The highest BCUT2D eigenvalue weighted by atomic mass is 35.5. The fraction of sp³-hybridized carbons (Fsp3) is 0.133. The third-order valence-electron chi connectivity index (χ3n) is 3.41. The lowest BCUT2D eigenvalue weighted by Gasteiger charge is -2.25. The van der Waals surface area contributed by atoms with Crippen molar-refractivity contribution in [1.29, 1.82) is 0 Å². The summed E-state index contributed by atoms with van der Waals surface area (Å²) in [5.41, 5.74) is 3.02. The maximum atomic E-state index is 5.99. The van der Waals surface area contributed by atoms with Crippen molar-refractivity contribution in [2.45, 2.75) is 6.10 Å². The molecule has 4 nitrogen and oxygen atoms in total. The van der Waals surface area contributed by atoms with Crippen LogP contribution >= 0.6 is 22.9 Å². The molecule has 0 amide bonds. The van der Waals surface area contributed by atoms with Crippen molar-refractivity contribution < 1.29 is 4.74 Å². The number of aromatic nitrogens is 2. The van der Waals surface area contributed by atoms with Crippen LogP contribution in [0.4, 0.5) is 5.69 Å². The van der Waals surface area contributed by atoms with Crippen LogP contribution in [0.3, 0.4) is 0 Å². The smallest absolute Gasteiger partial charge is 0.173 e. The zero-order valence-corrected chi connectivity index (χ0v) is 12.5. The molecular formula is C15H12ClN3OS. The number of hydrogen-bond donors (Lipinski definition) is 2. The molecule has 6 heteroatoms. The third kappa shape index (κ3) is 2.39. The molecule has 1 aromatic carbocycles. The van der Waals surface area contributed by atoms with Crippen molar-refractivity contribution in [2.24, 2.45) is 0 Å². The van der Waals surface area contributed by atoms with E-state index in [1.807, 2.05) is 41.9 Å². The first kappa shape index (κ1) is 12.7. The second-order valence-electron chi connectivity index (χ2n) is 4.81. The number of rotatable bonds is 2. The van der Waals surface area contributed by atoms with Gasteiger partial charge in [0.1, 0.15) is 11.6 Å². The van der Waals surface area contributed by atoms with E-state index in [9.17, 15) is 0 Å². The number of anilines is 1. The topological polar surface area (TPSA) is 49.9 Å². The summed E-state index contributed by atoms with van der Waals surface area (Å²) in [7, 11) is 0. The summed E-state index contributed by atoms with van der Waals surface area (Å²) in [5, 5.41) is 5.37. The first-order chi connectivity index (χ1) is 10.3. The van der Waals surface area contributed by atoms with Crippen molar-refractivity contribution in [1.82, 2.24) is 9.97 Å². The summed E-state index contributed by atoms with van der Waals surface area (Å²) in [6.45, 7) is 0.689. The van der Waals surface area contributed by atoms with Crippen LogP contribution in [-0.4, -0.2) is 16.5 Å². The van der Waals surface area contributed by atoms with Crippen molar-refractivity contribution in [3.05, 3.63) is 52.1 Å². The van der Waals surface area contributed by atoms with Gasteiger partial charge in [-0.3, -0.25) is 0 Å². The minimum atomic E-state index is -0.122. The Morgan fingerprint density at radius 1 is 1.33 bits per heavy atom. The highest BCUT2D eigenvalue weighted by Gasteiger charge is 2.23. The summed E-state index contributed by atoms with van der Waals surface area (Å²) in [5.74, 6) is 1.67. The zero-order valence-electron chi connectivity index (χ0n) is 11.0. The molecule has 0 saturated carbocycles. The Balaban J connectivity index is 1.60. The highest BCUT2D eigenvalue weighted by molar-refractivity contribution is 7.14. The van der Waals surface area contributed by atoms with Gasteiger partial charge in [0.05, 0.1) is 28.5 Å². The van der Waals surface area contributed by atoms with Crippen LogP contribution in [0.25, 0.3) is 11.3 Å². The van der Waals surface area contributed by atoms with Crippen LogP contribution in [-0.2, 0) is 0 Å². The molecule has 1 aliphatic heterocycles. The number of H-pyrrole nitrogens is 1. The molecule has 0 aliphatic carbocycles. The SMILES string of the molecule is Clc1cc(-c2cnc(C3CNc4ccccc4O3)[nH]2)cs1. The van der Waals surface area contributed by atoms with Crippen LogP contribution in [0.5, 0.6) is 5.75 Å². The van der Waals surface area contributed by atoms with E-state index in [1.54, 1.807) is 0 Å². The monoisotopic (exact) mass is 317 g/mol. The molecule has 0 saturated heterocycles. The molecule has 0 bridgehead atoms. The average Bonchev–Trinajstić information content (AvgIpc) is 3.15. The van der Waals surface area contributed by atoms with Crippen LogP contribution in [0.15, 0.2) is 41.9 Å². The van der Waals surface area contributed by atoms with Gasteiger partial charge in [-0.25, -0.2) is 4.98 Å². The van der Waals surface area contributed by atoms with Gasteiger partial charge in [0.2, 0.25) is 0 Å². The first-order valence-electron chi connectivity index (χ1n) is 6.58. The van der Waals surface area contributed by atoms with Gasteiger partial charge < -0.3 is 15.0 Å². The van der Waals surface area contributed by atoms with Crippen molar-refractivity contribution in [2.75, 3.05) is 11.9 Å². The van der Waals surface area contributed by atoms with Gasteiger partial charge in [-0.1, -0.05) is 23.7 Å². The summed E-state index contributed by atoms with van der Waals surface area (Å²) in [6, 6.07) is 9.84. The predicted octanol–water partition coefficient (Wildman–Crippen LogP) is 4.34. The first-order valence-corrected chi connectivity index (χ1v) is 7.84. The quantitative estimate of drug-likeness (QED) is 0.739. The molecule has 106 valence electrons. The largest absolute Gasteiger partial charge is 0.478 e. The minimum absolute atomic E-state index is 0.122. The zero-order chi connectivity index (χ0) is 14.2. The molecular weight excluding hydrogens is 306 g/mol. The number of imidazole rings is 1. The molecule has 0 fully saturated rings. The maximum Gasteiger partial charge on any atom is 0.173 e. The maximum absolute atomic E-state index is 5.99. The van der Waals surface area contributed by atoms with Crippen LogP contribution in [0.2, 0.25) is 4.34 Å². The molecule has 1 aliphatic rings. The number of ether oxygens (including phenoxy) is 1. The van der Waals surface area contributed by atoms with E-state index < -0.39 is 0 Å². The number of aromatic amines is 1. The van der Waals surface area contributed by atoms with Crippen LogP contribution in [0.1, 0.15) is 11.9 Å². The lowest BCUT2D eigenvalue weighted by atomic mass is 10.2. The molecule has 21 heavy (non-hydrogen) atoms. The second-order valence-corrected chi connectivity index (χ2v) is 6.35. The number of fused-ring (bicyclic) bond motifs is 1. The van der Waals surface area contributed by atoms with Crippen molar-refractivity contribution in [3.63, 3.8) is 0 Å². The van der Waals surface area contributed by atoms with Crippen LogP contribution in [0, 0.1) is 0 Å². The van der Waals surface area contributed by atoms with Gasteiger partial charge in [0.15, 0.2) is 6.10 Å². The molecule has 0 spiro atoms. The summed E-state index contributed by atoms with van der Waals surface area (Å²) in [4.78, 5) is 7.75. The molecule has 2 N–H and O–H groups in total. The molecule has 1 unspecified atom stereocenters. The standard InChI is InChI=1S/C15H12ClN3OS/c16-14-5-9(8-21-14)11-6-18-15(19-11)13-7-17-10-3-1-2-4-12(10)20-13/h1-6,8,13,17H,7H2,(H,18,19). The Labute approximate surface area is 130 Å². The molecule has 0 radical (unpaired) electrons. The van der Waals surface area contributed by atoms with Gasteiger partial charge in [-0.15, -0.1) is 11.3 Å². The normalized spacial score (nSPS) is 16.9. The van der Waals surface area contributed by atoms with Gasteiger partial charge in [0.25, 0.3) is 0 Å². The fourth-order valence-corrected chi connectivity index (χ4v) is 3.24. The number of thiophene rings is 1. The van der Waals surface area contributed by atoms with E-state index in [2.05, 4.69) is 15.3 Å². The number of para-hydroxylation sites is 2. The number of nitrogens with zero attached hydrogens (tertiary/aromatic N) is 1. The second kappa shape index (κ2) is 5.09. The number of nitrogens with one attached hydrogen (secondary N) is 2. The third-order valence-corrected chi connectivity index (χ3v) is 4.50. The van der Waals surface area contributed by atoms with Crippen molar-refractivity contribution >= 4 is 28.6 Å². The fourth-order valence-electron chi connectivity index (χ4n) is 2.36. The number of hydrogen-bond acceptors (Lipinski definition) is 4. The molecule has 4 rings (SSSR count). The van der Waals surface area contributed by atoms with E-state index in [4.69, 9.17) is 16.3 Å². The number of halogens is 1. The van der Waals surface area contributed by atoms with E-state index in [-0.39, 0.29) is 6.10 Å². The lowest BCUT2D eigenvalue weighted by molar-refractivity contribution is 0.201. The summed E-state index contributed by atoms with van der Waals surface area (Å²) >= 11 is 7.48. The molecule has 3 heterocycles. The highest BCUT2D eigenvalue weighted by Crippen LogP contribution is 2.34. The number of benzene rings is 1. The van der Waals surface area contributed by atoms with Gasteiger partial charge in [-0.2, -0.15) is 0 Å². The lowest BCUT2D eigenvalue weighted by Crippen LogP contribution is -2.24. The van der Waals surface area contributed by atoms with E-state index in [0.717, 1.165) is 32.9 Å². The Morgan fingerprint density at radius 3 is 3.10 bits per heavy atom. The van der Waals surface area contributed by atoms with E-state index in [0.29, 0.717) is 6.54 Å². The molecule has 3 aromatic rings. The van der Waals surface area contributed by atoms with Gasteiger partial charge in [0, 0.05) is 10.9 Å². The van der Waals surface area contributed by atoms with E-state index >= 15 is 0 Å². The van der Waals surface area contributed by atoms with Gasteiger partial charge >= 0.3 is 0 Å². The predicted molar refractivity (Wildman–Crippen MR) is 85.2 cm³/mol. The Bertz CT molecular complexity index is 783. The van der Waals surface area contributed by atoms with Gasteiger partial charge in [-0.05, 0) is 18.2 Å². The van der Waals surface area contributed by atoms with Crippen molar-refractivity contribution in [3.8, 4) is 17.0 Å².